The van der Waals surface area contributed by atoms with E-state index in [1.54, 1.807) is 6.20 Å². The molecule has 0 amide bonds. The van der Waals surface area contributed by atoms with E-state index in [2.05, 4.69) is 37.2 Å². The molecule has 2 aromatic rings. The summed E-state index contributed by atoms with van der Waals surface area (Å²) in [6.07, 6.45) is 7.86. The maximum absolute atomic E-state index is 5.49. The van der Waals surface area contributed by atoms with E-state index in [1.807, 2.05) is 10.8 Å². The first-order chi connectivity index (χ1) is 10.3. The van der Waals surface area contributed by atoms with Gasteiger partial charge in [-0.15, -0.1) is 0 Å². The van der Waals surface area contributed by atoms with Crippen molar-refractivity contribution in [1.82, 2.24) is 24.5 Å². The lowest BCUT2D eigenvalue weighted by Gasteiger charge is -2.16. The van der Waals surface area contributed by atoms with Crippen molar-refractivity contribution in [3.05, 3.63) is 18.2 Å². The van der Waals surface area contributed by atoms with E-state index >= 15 is 0 Å². The van der Waals surface area contributed by atoms with Crippen LogP contribution < -0.4 is 16.2 Å². The van der Waals surface area contributed by atoms with E-state index in [-0.39, 0.29) is 0 Å². The first-order valence-corrected chi connectivity index (χ1v) is 7.32. The van der Waals surface area contributed by atoms with Crippen LogP contribution in [0.2, 0.25) is 0 Å². The molecule has 8 heteroatoms. The number of imidazole rings is 1. The Bertz CT molecular complexity index is 602. The number of anilines is 2. The highest BCUT2D eigenvalue weighted by Crippen LogP contribution is 2.18. The van der Waals surface area contributed by atoms with Gasteiger partial charge in [-0.1, -0.05) is 6.92 Å². The first-order valence-electron chi connectivity index (χ1n) is 7.32. The molecule has 1 aliphatic heterocycles. The summed E-state index contributed by atoms with van der Waals surface area (Å²) < 4.78 is 1.89. The molecule has 3 heterocycles. The van der Waals surface area contributed by atoms with Crippen molar-refractivity contribution in [1.29, 1.82) is 0 Å². The standard InChI is InChI=1S/C13H20N8/c1-2-5-10-15-6-9-21(10)13-17-11(19-14)16-12(18-13)20-7-3-4-8-20/h6,9H,2-5,7-8,14H2,1H3,(H,16,17,18,19). The van der Waals surface area contributed by atoms with Crippen LogP contribution in [0.3, 0.4) is 0 Å². The van der Waals surface area contributed by atoms with Crippen molar-refractivity contribution in [2.24, 2.45) is 5.84 Å². The van der Waals surface area contributed by atoms with Crippen LogP contribution in [-0.2, 0) is 6.42 Å². The number of aromatic nitrogens is 5. The third-order valence-corrected chi connectivity index (χ3v) is 3.54. The molecule has 8 nitrogen and oxygen atoms in total. The third kappa shape index (κ3) is 2.80. The Balaban J connectivity index is 2.00. The Morgan fingerprint density at radius 2 is 1.95 bits per heavy atom. The van der Waals surface area contributed by atoms with Gasteiger partial charge in [0.05, 0.1) is 0 Å². The monoisotopic (exact) mass is 288 g/mol. The molecule has 0 bridgehead atoms. The summed E-state index contributed by atoms with van der Waals surface area (Å²) in [7, 11) is 0. The van der Waals surface area contributed by atoms with Crippen molar-refractivity contribution in [3.8, 4) is 5.95 Å². The van der Waals surface area contributed by atoms with Gasteiger partial charge in [0.2, 0.25) is 17.8 Å². The number of aryl methyl sites for hydroxylation is 1. The van der Waals surface area contributed by atoms with Crippen molar-refractivity contribution in [3.63, 3.8) is 0 Å². The summed E-state index contributed by atoms with van der Waals surface area (Å²) in [5, 5.41) is 0. The number of hydrazine groups is 1. The van der Waals surface area contributed by atoms with Crippen molar-refractivity contribution >= 4 is 11.9 Å². The lowest BCUT2D eigenvalue weighted by atomic mass is 10.3. The molecule has 1 aliphatic rings. The quantitative estimate of drug-likeness (QED) is 0.623. The molecule has 3 rings (SSSR count). The Morgan fingerprint density at radius 1 is 1.19 bits per heavy atom. The zero-order chi connectivity index (χ0) is 14.7. The fourth-order valence-electron chi connectivity index (χ4n) is 2.51. The van der Waals surface area contributed by atoms with Crippen molar-refractivity contribution in [2.75, 3.05) is 23.4 Å². The molecule has 0 aliphatic carbocycles. The zero-order valence-electron chi connectivity index (χ0n) is 12.2. The molecule has 0 spiro atoms. The summed E-state index contributed by atoms with van der Waals surface area (Å²) in [6.45, 7) is 4.06. The van der Waals surface area contributed by atoms with Gasteiger partial charge >= 0.3 is 0 Å². The van der Waals surface area contributed by atoms with Crippen LogP contribution in [0.25, 0.3) is 5.95 Å². The second kappa shape index (κ2) is 6.04. The number of nitrogens with two attached hydrogens (primary N) is 1. The number of nitrogens with zero attached hydrogens (tertiary/aromatic N) is 6. The summed E-state index contributed by atoms with van der Waals surface area (Å²) in [5.41, 5.74) is 2.52. The number of nitrogen functional groups attached to an aromatic ring is 1. The van der Waals surface area contributed by atoms with Crippen LogP contribution in [0, 0.1) is 0 Å². The van der Waals surface area contributed by atoms with E-state index in [0.29, 0.717) is 17.8 Å². The highest BCUT2D eigenvalue weighted by molar-refractivity contribution is 5.40. The minimum Gasteiger partial charge on any atom is -0.341 e. The normalized spacial score (nSPS) is 14.7. The van der Waals surface area contributed by atoms with Crippen LogP contribution in [0.5, 0.6) is 0 Å². The average Bonchev–Trinajstić information content (AvgIpc) is 3.18. The second-order valence-electron chi connectivity index (χ2n) is 5.06. The fourth-order valence-corrected chi connectivity index (χ4v) is 2.51. The van der Waals surface area contributed by atoms with Gasteiger partial charge in [0.1, 0.15) is 5.82 Å². The predicted molar refractivity (Wildman–Crippen MR) is 80.2 cm³/mol. The Labute approximate surface area is 123 Å². The maximum Gasteiger partial charge on any atom is 0.243 e. The Kier molecular flexibility index (Phi) is 3.96. The van der Waals surface area contributed by atoms with Gasteiger partial charge in [0, 0.05) is 31.9 Å². The molecule has 0 aromatic carbocycles. The van der Waals surface area contributed by atoms with Gasteiger partial charge in [-0.3, -0.25) is 9.99 Å². The minimum atomic E-state index is 0.373. The van der Waals surface area contributed by atoms with Crippen LogP contribution in [0.15, 0.2) is 12.4 Å². The van der Waals surface area contributed by atoms with E-state index in [4.69, 9.17) is 5.84 Å². The molecule has 2 aromatic heterocycles. The van der Waals surface area contributed by atoms with Crippen LogP contribution in [0.1, 0.15) is 32.0 Å². The largest absolute Gasteiger partial charge is 0.341 e. The summed E-state index contributed by atoms with van der Waals surface area (Å²) >= 11 is 0. The van der Waals surface area contributed by atoms with Gasteiger partial charge in [0.15, 0.2) is 0 Å². The number of nitrogens with one attached hydrogen (secondary N) is 1. The second-order valence-corrected chi connectivity index (χ2v) is 5.06. The van der Waals surface area contributed by atoms with Gasteiger partial charge in [-0.05, 0) is 19.3 Å². The molecular formula is C13H20N8. The molecule has 1 fully saturated rings. The first kappa shape index (κ1) is 13.7. The molecule has 0 saturated carbocycles. The maximum atomic E-state index is 5.49. The Morgan fingerprint density at radius 3 is 2.67 bits per heavy atom. The summed E-state index contributed by atoms with van der Waals surface area (Å²) in [4.78, 5) is 19.8. The predicted octanol–water partition coefficient (Wildman–Crippen LogP) is 0.896. The van der Waals surface area contributed by atoms with E-state index in [0.717, 1.165) is 31.8 Å². The number of hydrogen-bond donors (Lipinski definition) is 2. The minimum absolute atomic E-state index is 0.373. The highest BCUT2D eigenvalue weighted by atomic mass is 15.4. The average molecular weight is 288 g/mol. The molecule has 3 N–H and O–H groups in total. The molecular weight excluding hydrogens is 268 g/mol. The van der Waals surface area contributed by atoms with Gasteiger partial charge < -0.3 is 4.90 Å². The van der Waals surface area contributed by atoms with E-state index in [9.17, 15) is 0 Å². The van der Waals surface area contributed by atoms with E-state index < -0.39 is 0 Å². The smallest absolute Gasteiger partial charge is 0.243 e. The number of rotatable bonds is 5. The topological polar surface area (TPSA) is 97.8 Å². The zero-order valence-corrected chi connectivity index (χ0v) is 12.2. The summed E-state index contributed by atoms with van der Waals surface area (Å²) in [5.74, 6) is 8.03. The van der Waals surface area contributed by atoms with Crippen LogP contribution in [0.4, 0.5) is 11.9 Å². The molecule has 0 unspecified atom stereocenters. The third-order valence-electron chi connectivity index (χ3n) is 3.54. The lowest BCUT2D eigenvalue weighted by molar-refractivity contribution is 0.769. The molecule has 1 saturated heterocycles. The van der Waals surface area contributed by atoms with Crippen molar-refractivity contribution < 1.29 is 0 Å². The Hall–Kier alpha value is -2.22. The van der Waals surface area contributed by atoms with Crippen LogP contribution in [-0.4, -0.2) is 37.6 Å². The van der Waals surface area contributed by atoms with Crippen LogP contribution >= 0.6 is 0 Å². The fraction of sp³-hybridized carbons (Fsp3) is 0.538. The molecule has 0 atom stereocenters. The van der Waals surface area contributed by atoms with Gasteiger partial charge in [-0.25, -0.2) is 10.8 Å². The lowest BCUT2D eigenvalue weighted by Crippen LogP contribution is -2.23. The SMILES string of the molecule is CCCc1nccn1-c1nc(NN)nc(N2CCCC2)n1. The molecule has 21 heavy (non-hydrogen) atoms. The molecule has 112 valence electrons. The van der Waals surface area contributed by atoms with Crippen molar-refractivity contribution in [2.45, 2.75) is 32.6 Å². The van der Waals surface area contributed by atoms with Gasteiger partial charge in [-0.2, -0.15) is 15.0 Å². The number of hydrogen-bond acceptors (Lipinski definition) is 7. The summed E-state index contributed by atoms with van der Waals surface area (Å²) in [6, 6.07) is 0. The molecule has 0 radical (unpaired) electrons. The van der Waals surface area contributed by atoms with E-state index in [1.165, 1.54) is 12.8 Å². The van der Waals surface area contributed by atoms with Gasteiger partial charge in [0.25, 0.3) is 0 Å². The highest BCUT2D eigenvalue weighted by Gasteiger charge is 2.18.